The molecule has 0 radical (unpaired) electrons. The molecular weight excluding hydrogens is 362 g/mol. The number of pyridine rings is 1. The van der Waals surface area contributed by atoms with Gasteiger partial charge in [-0.3, -0.25) is 14.7 Å². The summed E-state index contributed by atoms with van der Waals surface area (Å²) in [5.74, 6) is 0.807. The molecule has 1 aromatic carbocycles. The molecule has 0 N–H and O–H groups in total. The number of amides is 1. The lowest BCUT2D eigenvalue weighted by Crippen LogP contribution is -2.54. The third kappa shape index (κ3) is 5.43. The second-order valence-corrected chi connectivity index (χ2v) is 8.20. The van der Waals surface area contributed by atoms with Crippen molar-refractivity contribution in [2.75, 3.05) is 32.8 Å². The van der Waals surface area contributed by atoms with Crippen LogP contribution in [-0.2, 0) is 22.5 Å². The fourth-order valence-electron chi connectivity index (χ4n) is 4.56. The lowest BCUT2D eigenvalue weighted by Gasteiger charge is -2.42. The molecule has 2 aliphatic heterocycles. The second-order valence-electron chi connectivity index (χ2n) is 8.20. The molecule has 154 valence electrons. The summed E-state index contributed by atoms with van der Waals surface area (Å²) in [4.78, 5) is 21.6. The molecule has 2 atom stereocenters. The molecule has 2 aromatic rings. The standard InChI is InChI=1S/C24H31N3O2/c28-24(8-4-7-20-5-2-1-3-6-20)27-14-11-22-19-29-16-15-26(23(22)18-27)17-21-9-12-25-13-10-21/h1-3,5-6,9-10,12-13,22-23H,4,7-8,11,14-19H2/t22-,23-/m1/s1. The smallest absolute Gasteiger partial charge is 0.222 e. The Hall–Kier alpha value is -2.24. The van der Waals surface area contributed by atoms with Crippen LogP contribution in [-0.4, -0.2) is 59.6 Å². The van der Waals surface area contributed by atoms with Crippen LogP contribution in [0.5, 0.6) is 0 Å². The summed E-state index contributed by atoms with van der Waals surface area (Å²) < 4.78 is 5.88. The maximum Gasteiger partial charge on any atom is 0.222 e. The number of benzene rings is 1. The van der Waals surface area contributed by atoms with Gasteiger partial charge in [0.2, 0.25) is 5.91 Å². The van der Waals surface area contributed by atoms with Crippen molar-refractivity contribution in [3.05, 3.63) is 66.0 Å². The first-order chi connectivity index (χ1) is 14.3. The van der Waals surface area contributed by atoms with Gasteiger partial charge in [-0.05, 0) is 42.5 Å². The van der Waals surface area contributed by atoms with Crippen molar-refractivity contribution in [1.82, 2.24) is 14.8 Å². The predicted octanol–water partition coefficient (Wildman–Crippen LogP) is 3.15. The zero-order valence-corrected chi connectivity index (χ0v) is 17.1. The molecule has 2 saturated heterocycles. The maximum absolute atomic E-state index is 12.9. The Labute approximate surface area is 173 Å². The Kier molecular flexibility index (Phi) is 6.91. The first-order valence-electron chi connectivity index (χ1n) is 10.8. The lowest BCUT2D eigenvalue weighted by molar-refractivity contribution is -0.134. The SMILES string of the molecule is O=C(CCCc1ccccc1)N1CC[C@@H]2COCCN(Cc3ccncc3)[C@@H]2C1. The van der Waals surface area contributed by atoms with Gasteiger partial charge in [0, 0.05) is 57.0 Å². The van der Waals surface area contributed by atoms with Crippen LogP contribution in [0.25, 0.3) is 0 Å². The Morgan fingerprint density at radius 2 is 1.90 bits per heavy atom. The molecule has 4 rings (SSSR count). The summed E-state index contributed by atoms with van der Waals surface area (Å²) in [6.45, 7) is 5.07. The zero-order chi connectivity index (χ0) is 19.9. The number of carbonyl (C=O) groups is 1. The minimum Gasteiger partial charge on any atom is -0.380 e. The van der Waals surface area contributed by atoms with Crippen molar-refractivity contribution in [3.63, 3.8) is 0 Å². The van der Waals surface area contributed by atoms with Crippen molar-refractivity contribution in [2.45, 2.75) is 38.3 Å². The van der Waals surface area contributed by atoms with E-state index in [2.05, 4.69) is 51.2 Å². The van der Waals surface area contributed by atoms with E-state index in [1.165, 1.54) is 11.1 Å². The molecule has 0 unspecified atom stereocenters. The summed E-state index contributed by atoms with van der Waals surface area (Å²) in [7, 11) is 0. The average Bonchev–Trinajstić information content (AvgIpc) is 2.97. The van der Waals surface area contributed by atoms with Gasteiger partial charge >= 0.3 is 0 Å². The van der Waals surface area contributed by atoms with Crippen LogP contribution in [0.1, 0.15) is 30.4 Å². The van der Waals surface area contributed by atoms with E-state index in [1.807, 2.05) is 18.5 Å². The molecule has 5 heteroatoms. The van der Waals surface area contributed by atoms with Crippen molar-refractivity contribution in [1.29, 1.82) is 0 Å². The molecule has 29 heavy (non-hydrogen) atoms. The molecule has 0 spiro atoms. The Balaban J connectivity index is 1.34. The van der Waals surface area contributed by atoms with E-state index in [-0.39, 0.29) is 0 Å². The van der Waals surface area contributed by atoms with Crippen LogP contribution >= 0.6 is 0 Å². The normalized spacial score (nSPS) is 22.7. The Morgan fingerprint density at radius 3 is 2.72 bits per heavy atom. The van der Waals surface area contributed by atoms with Crippen molar-refractivity contribution >= 4 is 5.91 Å². The predicted molar refractivity (Wildman–Crippen MR) is 113 cm³/mol. The van der Waals surface area contributed by atoms with Gasteiger partial charge < -0.3 is 9.64 Å². The van der Waals surface area contributed by atoms with Crippen molar-refractivity contribution < 1.29 is 9.53 Å². The number of carbonyl (C=O) groups excluding carboxylic acids is 1. The molecule has 0 aliphatic carbocycles. The van der Waals surface area contributed by atoms with E-state index < -0.39 is 0 Å². The fourth-order valence-corrected chi connectivity index (χ4v) is 4.56. The number of hydrogen-bond donors (Lipinski definition) is 0. The highest BCUT2D eigenvalue weighted by molar-refractivity contribution is 5.76. The molecule has 5 nitrogen and oxygen atoms in total. The summed E-state index contributed by atoms with van der Waals surface area (Å²) >= 11 is 0. The first kappa shape index (κ1) is 20.0. The third-order valence-corrected chi connectivity index (χ3v) is 6.23. The molecule has 2 aliphatic rings. The highest BCUT2D eigenvalue weighted by Crippen LogP contribution is 2.27. The van der Waals surface area contributed by atoms with E-state index in [0.29, 0.717) is 24.3 Å². The van der Waals surface area contributed by atoms with Crippen LogP contribution < -0.4 is 0 Å². The summed E-state index contributed by atoms with van der Waals surface area (Å²) in [5.41, 5.74) is 2.58. The van der Waals surface area contributed by atoms with E-state index >= 15 is 0 Å². The molecule has 1 amide bonds. The quantitative estimate of drug-likeness (QED) is 0.756. The average molecular weight is 394 g/mol. The largest absolute Gasteiger partial charge is 0.380 e. The molecule has 1 aromatic heterocycles. The zero-order valence-electron chi connectivity index (χ0n) is 17.1. The number of aryl methyl sites for hydroxylation is 1. The fraction of sp³-hybridized carbons (Fsp3) is 0.500. The monoisotopic (exact) mass is 393 g/mol. The number of rotatable bonds is 6. The van der Waals surface area contributed by atoms with Crippen molar-refractivity contribution in [3.8, 4) is 0 Å². The van der Waals surface area contributed by atoms with Gasteiger partial charge in [-0.25, -0.2) is 0 Å². The summed E-state index contributed by atoms with van der Waals surface area (Å²) in [5, 5.41) is 0. The van der Waals surface area contributed by atoms with Crippen LogP contribution in [0.2, 0.25) is 0 Å². The molecule has 0 bridgehead atoms. The molecule has 0 saturated carbocycles. The van der Waals surface area contributed by atoms with E-state index in [4.69, 9.17) is 4.74 Å². The number of nitrogens with zero attached hydrogens (tertiary/aromatic N) is 3. The summed E-state index contributed by atoms with van der Waals surface area (Å²) in [6.07, 6.45) is 7.25. The maximum atomic E-state index is 12.9. The van der Waals surface area contributed by atoms with Crippen LogP contribution in [0.15, 0.2) is 54.9 Å². The van der Waals surface area contributed by atoms with Gasteiger partial charge in [0.05, 0.1) is 13.2 Å². The number of piperidine rings is 1. The van der Waals surface area contributed by atoms with E-state index in [1.54, 1.807) is 0 Å². The minimum atomic E-state index is 0.299. The van der Waals surface area contributed by atoms with Gasteiger partial charge in [-0.2, -0.15) is 0 Å². The van der Waals surface area contributed by atoms with Crippen molar-refractivity contribution in [2.24, 2.45) is 5.92 Å². The summed E-state index contributed by atoms with van der Waals surface area (Å²) in [6, 6.07) is 15.0. The number of fused-ring (bicyclic) bond motifs is 1. The van der Waals surface area contributed by atoms with Gasteiger partial charge in [-0.1, -0.05) is 30.3 Å². The highest BCUT2D eigenvalue weighted by Gasteiger charge is 2.36. The third-order valence-electron chi connectivity index (χ3n) is 6.23. The number of hydrogen-bond acceptors (Lipinski definition) is 4. The van der Waals surface area contributed by atoms with Crippen LogP contribution in [0.3, 0.4) is 0 Å². The van der Waals surface area contributed by atoms with Gasteiger partial charge in [-0.15, -0.1) is 0 Å². The minimum absolute atomic E-state index is 0.299. The van der Waals surface area contributed by atoms with Gasteiger partial charge in [0.1, 0.15) is 0 Å². The van der Waals surface area contributed by atoms with Crippen LogP contribution in [0, 0.1) is 5.92 Å². The van der Waals surface area contributed by atoms with E-state index in [0.717, 1.165) is 58.7 Å². The lowest BCUT2D eigenvalue weighted by atomic mass is 9.90. The Bertz CT molecular complexity index is 768. The molecular formula is C24H31N3O2. The second kappa shape index (κ2) is 9.99. The van der Waals surface area contributed by atoms with Crippen LogP contribution in [0.4, 0.5) is 0 Å². The highest BCUT2D eigenvalue weighted by atomic mass is 16.5. The Morgan fingerprint density at radius 1 is 1.07 bits per heavy atom. The van der Waals surface area contributed by atoms with Gasteiger partial charge in [0.15, 0.2) is 0 Å². The van der Waals surface area contributed by atoms with E-state index in [9.17, 15) is 4.79 Å². The topological polar surface area (TPSA) is 45.7 Å². The number of ether oxygens (including phenoxy) is 1. The van der Waals surface area contributed by atoms with Gasteiger partial charge in [0.25, 0.3) is 0 Å². The number of likely N-dealkylation sites (tertiary alicyclic amines) is 1. The molecule has 2 fully saturated rings. The number of aromatic nitrogens is 1. The molecule has 3 heterocycles. The first-order valence-corrected chi connectivity index (χ1v) is 10.8.